The van der Waals surface area contributed by atoms with Crippen LogP contribution in [0.25, 0.3) is 0 Å². The van der Waals surface area contributed by atoms with Crippen molar-refractivity contribution in [2.75, 3.05) is 39.3 Å². The summed E-state index contributed by atoms with van der Waals surface area (Å²) in [5.41, 5.74) is -0.0579. The zero-order chi connectivity index (χ0) is 27.2. The monoisotopic (exact) mass is 549 g/mol. The van der Waals surface area contributed by atoms with E-state index in [9.17, 15) is 35.6 Å². The van der Waals surface area contributed by atoms with Crippen molar-refractivity contribution in [2.24, 2.45) is 11.8 Å². The van der Waals surface area contributed by atoms with Crippen LogP contribution in [0.2, 0.25) is 0 Å². The average Bonchev–Trinajstić information content (AvgIpc) is 3.28. The van der Waals surface area contributed by atoms with Crippen molar-refractivity contribution in [3.8, 4) is 6.07 Å². The summed E-state index contributed by atoms with van der Waals surface area (Å²) in [7, 11) is -3.60. The molecule has 37 heavy (non-hydrogen) atoms. The lowest BCUT2D eigenvalue weighted by Gasteiger charge is -2.40. The molecule has 3 saturated heterocycles. The number of nitrogens with one attached hydrogen (secondary N) is 1. The van der Waals surface area contributed by atoms with E-state index >= 15 is 0 Å². The van der Waals surface area contributed by atoms with Crippen LogP contribution in [-0.2, 0) is 32.5 Å². The number of alkyl halides is 4. The van der Waals surface area contributed by atoms with Crippen molar-refractivity contribution in [1.29, 1.82) is 5.26 Å². The normalized spacial score (nSPS) is 23.4. The first-order valence-electron chi connectivity index (χ1n) is 11.9. The molecule has 2 atom stereocenters. The zero-order valence-electron chi connectivity index (χ0n) is 20.0. The Morgan fingerprint density at radius 3 is 2.32 bits per heavy atom. The molecule has 9 nitrogen and oxygen atoms in total. The number of hydrogen-bond acceptors (Lipinski definition) is 5. The number of benzene rings is 1. The van der Waals surface area contributed by atoms with Crippen LogP contribution in [0.5, 0.6) is 0 Å². The van der Waals surface area contributed by atoms with Crippen LogP contribution in [0.4, 0.5) is 17.6 Å². The third kappa shape index (κ3) is 7.39. The third-order valence-corrected chi connectivity index (χ3v) is 8.46. The van der Waals surface area contributed by atoms with Gasteiger partial charge in [0.1, 0.15) is 6.17 Å². The van der Waals surface area contributed by atoms with Crippen LogP contribution in [0.1, 0.15) is 31.8 Å². The maximum Gasteiger partial charge on any atom is 0.416 e. The Morgan fingerprint density at radius 2 is 1.78 bits per heavy atom. The summed E-state index contributed by atoms with van der Waals surface area (Å²) in [6, 6.07) is 6.69. The fraction of sp³-hybridized carbons (Fsp3) is 0.609. The molecule has 0 unspecified atom stereocenters. The highest BCUT2D eigenvalue weighted by Crippen LogP contribution is 2.29. The number of amides is 2. The Labute approximate surface area is 214 Å². The lowest BCUT2D eigenvalue weighted by atomic mass is 9.98. The van der Waals surface area contributed by atoms with Crippen LogP contribution in [0.15, 0.2) is 24.3 Å². The van der Waals surface area contributed by atoms with E-state index in [1.54, 1.807) is 0 Å². The quantitative estimate of drug-likeness (QED) is 0.432. The average molecular weight is 550 g/mol. The summed E-state index contributed by atoms with van der Waals surface area (Å²) < 4.78 is 77.3. The molecule has 2 amide bonds. The van der Waals surface area contributed by atoms with E-state index in [4.69, 9.17) is 5.26 Å². The Kier molecular flexibility index (Phi) is 9.49. The van der Waals surface area contributed by atoms with Crippen LogP contribution >= 0.6 is 0 Å². The summed E-state index contributed by atoms with van der Waals surface area (Å²) in [6.07, 6.45) is -3.15. The number of carbonyl (C=O) groups excluding carboxylic acids is 2. The molecule has 0 spiro atoms. The minimum atomic E-state index is -4.31. The second kappa shape index (κ2) is 12.2. The summed E-state index contributed by atoms with van der Waals surface area (Å²) in [5, 5.41) is 11.1. The van der Waals surface area contributed by atoms with Crippen molar-refractivity contribution in [2.45, 2.75) is 38.2 Å². The number of rotatable bonds is 6. The molecule has 206 valence electrons. The van der Waals surface area contributed by atoms with Crippen LogP contribution in [-0.4, -0.2) is 79.7 Å². The van der Waals surface area contributed by atoms with Gasteiger partial charge in [-0.25, -0.2) is 4.39 Å². The van der Waals surface area contributed by atoms with Gasteiger partial charge in [0.15, 0.2) is 0 Å². The van der Waals surface area contributed by atoms with Gasteiger partial charge in [-0.1, -0.05) is 12.1 Å². The van der Waals surface area contributed by atoms with Crippen molar-refractivity contribution >= 4 is 22.5 Å². The minimum absolute atomic E-state index is 0. The topological polar surface area (TPSA) is 114 Å². The summed E-state index contributed by atoms with van der Waals surface area (Å²) >= 11 is 0. The van der Waals surface area contributed by atoms with Crippen molar-refractivity contribution in [1.82, 2.24) is 18.8 Å². The first kappa shape index (κ1) is 28.8. The van der Waals surface area contributed by atoms with E-state index in [1.807, 2.05) is 0 Å². The molecule has 0 saturated carbocycles. The van der Waals surface area contributed by atoms with Gasteiger partial charge in [0, 0.05) is 40.7 Å². The molecule has 3 aliphatic heterocycles. The van der Waals surface area contributed by atoms with Gasteiger partial charge in [0.25, 0.3) is 10.2 Å². The van der Waals surface area contributed by atoms with E-state index in [1.165, 1.54) is 25.6 Å². The molecule has 14 heteroatoms. The van der Waals surface area contributed by atoms with Crippen LogP contribution < -0.4 is 5.32 Å². The Hall–Kier alpha value is -2.76. The molecular formula is C23H31F4N5O4S. The maximum atomic E-state index is 13.3. The predicted octanol–water partition coefficient (Wildman–Crippen LogP) is 2.17. The highest BCUT2D eigenvalue weighted by Gasteiger charge is 2.42. The molecule has 0 radical (unpaired) electrons. The lowest BCUT2D eigenvalue weighted by Crippen LogP contribution is -2.57. The van der Waals surface area contributed by atoms with E-state index < -0.39 is 34.0 Å². The Balaban J connectivity index is 0.000000292. The van der Waals surface area contributed by atoms with E-state index in [0.717, 1.165) is 12.1 Å². The highest BCUT2D eigenvalue weighted by molar-refractivity contribution is 7.86. The van der Waals surface area contributed by atoms with Crippen molar-refractivity contribution < 1.29 is 37.0 Å². The molecular weight excluding hydrogens is 518 g/mol. The Bertz CT molecular complexity index is 1090. The standard InChI is InChI=1S/C14H21FN4O3S.C9H8F3NO.H2/c15-13-3-5-17(10-13)14(20)12-2-1-4-18(9-12)23(21,22)19-7-11(6-16)8-19;10-9(11,12)8-3-1-7(2-4-8)5-13-6-14;/h11-13H,1-5,7-10H2;1-4,6H,5H2,(H,13,14);1H/t12-,13+;;/m0../s1. The van der Waals surface area contributed by atoms with Gasteiger partial charge in [-0.05, 0) is 37.0 Å². The molecule has 0 aliphatic carbocycles. The summed E-state index contributed by atoms with van der Waals surface area (Å²) in [4.78, 5) is 23.9. The smallest absolute Gasteiger partial charge is 0.355 e. The van der Waals surface area contributed by atoms with E-state index in [0.29, 0.717) is 44.3 Å². The van der Waals surface area contributed by atoms with Gasteiger partial charge in [-0.2, -0.15) is 35.5 Å². The number of hydrogen-bond donors (Lipinski definition) is 1. The Morgan fingerprint density at radius 1 is 1.11 bits per heavy atom. The fourth-order valence-corrected chi connectivity index (χ4v) is 6.16. The molecule has 3 fully saturated rings. The first-order valence-corrected chi connectivity index (χ1v) is 13.3. The number of nitriles is 1. The second-order valence-corrected chi connectivity index (χ2v) is 11.1. The van der Waals surface area contributed by atoms with Gasteiger partial charge < -0.3 is 10.2 Å². The molecule has 4 rings (SSSR count). The summed E-state index contributed by atoms with van der Waals surface area (Å²) in [6.45, 7) is 1.78. The first-order chi connectivity index (χ1) is 17.5. The molecule has 1 aromatic carbocycles. The number of carbonyl (C=O) groups is 2. The summed E-state index contributed by atoms with van der Waals surface area (Å²) in [5.74, 6) is -0.765. The number of piperidine rings is 1. The van der Waals surface area contributed by atoms with Crippen LogP contribution in [0, 0.1) is 23.2 Å². The molecule has 0 aromatic heterocycles. The second-order valence-electron chi connectivity index (χ2n) is 9.21. The minimum Gasteiger partial charge on any atom is -0.355 e. The van der Waals surface area contributed by atoms with Crippen LogP contribution in [0.3, 0.4) is 0 Å². The van der Waals surface area contributed by atoms with Gasteiger partial charge in [-0.15, -0.1) is 0 Å². The van der Waals surface area contributed by atoms with E-state index in [2.05, 4.69) is 11.4 Å². The number of nitrogens with zero attached hydrogens (tertiary/aromatic N) is 4. The van der Waals surface area contributed by atoms with Gasteiger partial charge >= 0.3 is 6.18 Å². The maximum absolute atomic E-state index is 13.3. The largest absolute Gasteiger partial charge is 0.416 e. The molecule has 3 aliphatic rings. The number of halogens is 4. The van der Waals surface area contributed by atoms with Crippen molar-refractivity contribution in [3.63, 3.8) is 0 Å². The zero-order valence-corrected chi connectivity index (χ0v) is 20.8. The predicted molar refractivity (Wildman–Crippen MR) is 126 cm³/mol. The molecule has 0 bridgehead atoms. The van der Waals surface area contributed by atoms with Gasteiger partial charge in [0.2, 0.25) is 12.3 Å². The molecule has 1 N–H and O–H groups in total. The molecule has 3 heterocycles. The third-order valence-electron chi connectivity index (χ3n) is 6.53. The van der Waals surface area contributed by atoms with Crippen molar-refractivity contribution in [3.05, 3.63) is 35.4 Å². The molecule has 1 aromatic rings. The fourth-order valence-electron chi connectivity index (χ4n) is 4.37. The SMILES string of the molecule is N#CC1CN(S(=O)(=O)N2CCC[C@H](C(=O)N3CC[C@@H](F)C3)C2)C1.O=CNCc1ccc(C(F)(F)F)cc1.[HH]. The van der Waals surface area contributed by atoms with E-state index in [-0.39, 0.29) is 46.0 Å². The van der Waals surface area contributed by atoms with Gasteiger partial charge in [0.05, 0.1) is 30.0 Å². The van der Waals surface area contributed by atoms with Gasteiger partial charge in [-0.3, -0.25) is 9.59 Å². The highest BCUT2D eigenvalue weighted by atomic mass is 32.2. The lowest BCUT2D eigenvalue weighted by molar-refractivity contribution is -0.137. The number of likely N-dealkylation sites (tertiary alicyclic amines) is 1.